The van der Waals surface area contributed by atoms with Gasteiger partial charge in [0.15, 0.2) is 0 Å². The van der Waals surface area contributed by atoms with Crippen molar-refractivity contribution in [2.24, 2.45) is 0 Å². The van der Waals surface area contributed by atoms with Crippen LogP contribution in [0, 0.1) is 12.7 Å². The topological polar surface area (TPSA) is 34.2 Å². The van der Waals surface area contributed by atoms with Gasteiger partial charge in [-0.3, -0.25) is 4.98 Å². The lowest BCUT2D eigenvalue weighted by molar-refractivity contribution is 0.0249. The highest BCUT2D eigenvalue weighted by Gasteiger charge is 2.17. The Morgan fingerprint density at radius 3 is 3.07 bits per heavy atom. The van der Waals surface area contributed by atoms with Crippen LogP contribution in [-0.4, -0.2) is 24.7 Å². The fourth-order valence-electron chi connectivity index (χ4n) is 1.50. The molecule has 0 bridgehead atoms. The normalized spacial score (nSPS) is 22.3. The first-order valence-corrected chi connectivity index (χ1v) is 4.73. The molecule has 4 heteroatoms. The van der Waals surface area contributed by atoms with Crippen LogP contribution in [0.2, 0.25) is 0 Å². The number of halogens is 1. The molecule has 76 valence electrons. The maximum absolute atomic E-state index is 12.9. The van der Waals surface area contributed by atoms with Gasteiger partial charge in [-0.2, -0.15) is 0 Å². The first kappa shape index (κ1) is 9.55. The number of aryl methyl sites for hydroxylation is 1. The van der Waals surface area contributed by atoms with E-state index in [4.69, 9.17) is 4.74 Å². The molecule has 0 amide bonds. The molecule has 2 heterocycles. The molecule has 1 aromatic heterocycles. The average molecular weight is 196 g/mol. The minimum Gasteiger partial charge on any atom is -0.369 e. The number of ether oxygens (including phenoxy) is 1. The molecule has 2 rings (SSSR count). The number of nitrogens with zero attached hydrogens (tertiary/aromatic N) is 1. The van der Waals surface area contributed by atoms with Gasteiger partial charge in [0.2, 0.25) is 0 Å². The maximum Gasteiger partial charge on any atom is 0.144 e. The van der Waals surface area contributed by atoms with Gasteiger partial charge in [0.05, 0.1) is 18.0 Å². The van der Waals surface area contributed by atoms with E-state index in [0.29, 0.717) is 12.3 Å². The van der Waals surface area contributed by atoms with Crippen LogP contribution in [0.3, 0.4) is 0 Å². The second kappa shape index (κ2) is 4.02. The van der Waals surface area contributed by atoms with Crippen LogP contribution in [0.4, 0.5) is 4.39 Å². The van der Waals surface area contributed by atoms with Gasteiger partial charge in [-0.15, -0.1) is 0 Å². The molecular formula is C10H13FN2O. The molecule has 1 unspecified atom stereocenters. The van der Waals surface area contributed by atoms with Gasteiger partial charge >= 0.3 is 0 Å². The molecule has 0 radical (unpaired) electrons. The van der Waals surface area contributed by atoms with Gasteiger partial charge in [0.1, 0.15) is 11.9 Å². The molecule has 1 aliphatic heterocycles. The number of aromatic nitrogens is 1. The molecule has 1 N–H and O–H groups in total. The minimum absolute atomic E-state index is 0.0388. The van der Waals surface area contributed by atoms with Crippen LogP contribution in [0.5, 0.6) is 0 Å². The second-order valence-corrected chi connectivity index (χ2v) is 3.37. The predicted molar refractivity (Wildman–Crippen MR) is 50.5 cm³/mol. The van der Waals surface area contributed by atoms with Crippen LogP contribution >= 0.6 is 0 Å². The van der Waals surface area contributed by atoms with Crippen molar-refractivity contribution >= 4 is 0 Å². The molecular weight excluding hydrogens is 183 g/mol. The van der Waals surface area contributed by atoms with E-state index in [1.165, 1.54) is 6.07 Å². The highest BCUT2D eigenvalue weighted by Crippen LogP contribution is 2.17. The van der Waals surface area contributed by atoms with Gasteiger partial charge in [-0.05, 0) is 19.1 Å². The molecule has 0 aliphatic carbocycles. The quantitative estimate of drug-likeness (QED) is 0.732. The van der Waals surface area contributed by atoms with Gasteiger partial charge in [-0.1, -0.05) is 0 Å². The van der Waals surface area contributed by atoms with Gasteiger partial charge in [0, 0.05) is 13.1 Å². The van der Waals surface area contributed by atoms with Crippen LogP contribution in [0.25, 0.3) is 0 Å². The predicted octanol–water partition coefficient (Wildman–Crippen LogP) is 1.19. The third kappa shape index (κ3) is 1.91. The van der Waals surface area contributed by atoms with Crippen molar-refractivity contribution in [1.29, 1.82) is 0 Å². The largest absolute Gasteiger partial charge is 0.369 e. The van der Waals surface area contributed by atoms with E-state index in [9.17, 15) is 4.39 Å². The Balaban J connectivity index is 2.18. The Kier molecular flexibility index (Phi) is 2.74. The first-order valence-electron chi connectivity index (χ1n) is 4.73. The Hall–Kier alpha value is -1.00. The average Bonchev–Trinajstić information content (AvgIpc) is 2.23. The van der Waals surface area contributed by atoms with Crippen molar-refractivity contribution in [2.45, 2.75) is 13.0 Å². The summed E-state index contributed by atoms with van der Waals surface area (Å²) in [4.78, 5) is 4.16. The number of hydrogen-bond acceptors (Lipinski definition) is 3. The number of morpholine rings is 1. The van der Waals surface area contributed by atoms with E-state index >= 15 is 0 Å². The Labute approximate surface area is 82.3 Å². The van der Waals surface area contributed by atoms with Crippen molar-refractivity contribution in [3.8, 4) is 0 Å². The van der Waals surface area contributed by atoms with Gasteiger partial charge < -0.3 is 10.1 Å². The molecule has 1 aliphatic rings. The second-order valence-electron chi connectivity index (χ2n) is 3.37. The summed E-state index contributed by atoms with van der Waals surface area (Å²) in [6.45, 7) is 3.96. The molecule has 0 aromatic carbocycles. The zero-order valence-corrected chi connectivity index (χ0v) is 8.09. The molecule has 1 saturated heterocycles. The standard InChI is InChI=1S/C10H13FN2O/c1-7-8(11)2-3-9(13-7)10-6-12-4-5-14-10/h2-3,10,12H,4-6H2,1H3. The van der Waals surface area contributed by atoms with E-state index in [1.54, 1.807) is 13.0 Å². The van der Waals surface area contributed by atoms with E-state index in [0.717, 1.165) is 18.8 Å². The van der Waals surface area contributed by atoms with Crippen molar-refractivity contribution in [3.63, 3.8) is 0 Å². The summed E-state index contributed by atoms with van der Waals surface area (Å²) < 4.78 is 18.5. The number of rotatable bonds is 1. The van der Waals surface area contributed by atoms with Crippen LogP contribution < -0.4 is 5.32 Å². The maximum atomic E-state index is 12.9. The lowest BCUT2D eigenvalue weighted by Crippen LogP contribution is -2.33. The van der Waals surface area contributed by atoms with Gasteiger partial charge in [-0.25, -0.2) is 4.39 Å². The van der Waals surface area contributed by atoms with Crippen LogP contribution in [-0.2, 0) is 4.74 Å². The van der Waals surface area contributed by atoms with E-state index in [-0.39, 0.29) is 11.9 Å². The summed E-state index contributed by atoms with van der Waals surface area (Å²) in [7, 11) is 0. The first-order chi connectivity index (χ1) is 6.77. The zero-order chi connectivity index (χ0) is 9.97. The Morgan fingerprint density at radius 2 is 2.43 bits per heavy atom. The summed E-state index contributed by atoms with van der Waals surface area (Å²) in [5.74, 6) is -0.266. The van der Waals surface area contributed by atoms with Gasteiger partial charge in [0.25, 0.3) is 0 Å². The van der Waals surface area contributed by atoms with Crippen molar-refractivity contribution in [3.05, 3.63) is 29.3 Å². The highest BCUT2D eigenvalue weighted by atomic mass is 19.1. The molecule has 0 saturated carbocycles. The number of nitrogens with one attached hydrogen (secondary N) is 1. The van der Waals surface area contributed by atoms with Crippen LogP contribution in [0.1, 0.15) is 17.5 Å². The monoisotopic (exact) mass is 196 g/mol. The minimum atomic E-state index is -0.266. The summed E-state index contributed by atoms with van der Waals surface area (Å²) in [6, 6.07) is 3.12. The summed E-state index contributed by atoms with van der Waals surface area (Å²) in [6.07, 6.45) is -0.0388. The Morgan fingerprint density at radius 1 is 1.57 bits per heavy atom. The lowest BCUT2D eigenvalue weighted by atomic mass is 10.2. The molecule has 3 nitrogen and oxygen atoms in total. The molecule has 14 heavy (non-hydrogen) atoms. The van der Waals surface area contributed by atoms with Crippen LogP contribution in [0.15, 0.2) is 12.1 Å². The molecule has 1 aromatic rings. The summed E-state index contributed by atoms with van der Waals surface area (Å²) in [5.41, 5.74) is 1.23. The van der Waals surface area contributed by atoms with E-state index < -0.39 is 0 Å². The van der Waals surface area contributed by atoms with Crippen molar-refractivity contribution in [2.75, 3.05) is 19.7 Å². The smallest absolute Gasteiger partial charge is 0.144 e. The molecule has 0 spiro atoms. The van der Waals surface area contributed by atoms with Crippen molar-refractivity contribution < 1.29 is 9.13 Å². The fraction of sp³-hybridized carbons (Fsp3) is 0.500. The van der Waals surface area contributed by atoms with Crippen molar-refractivity contribution in [1.82, 2.24) is 10.3 Å². The third-order valence-corrected chi connectivity index (χ3v) is 2.30. The zero-order valence-electron chi connectivity index (χ0n) is 8.09. The highest BCUT2D eigenvalue weighted by molar-refractivity contribution is 5.14. The SMILES string of the molecule is Cc1nc(C2CNCCO2)ccc1F. The van der Waals surface area contributed by atoms with E-state index in [2.05, 4.69) is 10.3 Å². The summed E-state index contributed by atoms with van der Waals surface area (Å²) >= 11 is 0. The third-order valence-electron chi connectivity index (χ3n) is 2.30. The Bertz CT molecular complexity index is 324. The molecule has 1 fully saturated rings. The summed E-state index contributed by atoms with van der Waals surface area (Å²) in [5, 5.41) is 3.21. The fourth-order valence-corrected chi connectivity index (χ4v) is 1.50. The number of hydrogen-bond donors (Lipinski definition) is 1. The number of pyridine rings is 1. The lowest BCUT2D eigenvalue weighted by Gasteiger charge is -2.23. The molecule has 1 atom stereocenters. The van der Waals surface area contributed by atoms with E-state index in [1.807, 2.05) is 0 Å².